The Hall–Kier alpha value is -1.35. The summed E-state index contributed by atoms with van der Waals surface area (Å²) < 4.78 is 0. The maximum absolute atomic E-state index is 11.3. The van der Waals surface area contributed by atoms with Crippen molar-refractivity contribution in [3.8, 4) is 0 Å². The smallest absolute Gasteiger partial charge is 0.222 e. The summed E-state index contributed by atoms with van der Waals surface area (Å²) in [6.45, 7) is 3.91. The van der Waals surface area contributed by atoms with Crippen molar-refractivity contribution in [2.75, 3.05) is 6.54 Å². The second-order valence-electron chi connectivity index (χ2n) is 3.83. The quantitative estimate of drug-likeness (QED) is 0.786. The topological polar surface area (TPSA) is 49.3 Å². The van der Waals surface area contributed by atoms with Gasteiger partial charge in [-0.3, -0.25) is 4.79 Å². The van der Waals surface area contributed by atoms with Crippen LogP contribution in [0.1, 0.15) is 25.5 Å². The van der Waals surface area contributed by atoms with Gasteiger partial charge in [-0.2, -0.15) is 0 Å². The molecule has 0 aromatic heterocycles. The number of aliphatic hydroxyl groups excluding tert-OH is 1. The number of nitrogens with one attached hydrogen (secondary N) is 1. The minimum absolute atomic E-state index is 0.0371. The lowest BCUT2D eigenvalue weighted by Gasteiger charge is -2.13. The zero-order chi connectivity index (χ0) is 11.3. The van der Waals surface area contributed by atoms with Gasteiger partial charge in [0.05, 0.1) is 6.10 Å². The van der Waals surface area contributed by atoms with E-state index in [0.29, 0.717) is 0 Å². The highest BCUT2D eigenvalue weighted by Crippen LogP contribution is 2.10. The summed E-state index contributed by atoms with van der Waals surface area (Å²) in [7, 11) is 0. The van der Waals surface area contributed by atoms with E-state index in [4.69, 9.17) is 0 Å². The molecule has 0 heterocycles. The SMILES string of the molecule is CC(C)C(=O)NCC(O)c1ccccc1. The van der Waals surface area contributed by atoms with Crippen molar-refractivity contribution in [3.63, 3.8) is 0 Å². The van der Waals surface area contributed by atoms with Gasteiger partial charge in [0.15, 0.2) is 0 Å². The Morgan fingerprint density at radius 2 is 1.93 bits per heavy atom. The van der Waals surface area contributed by atoms with Crippen molar-refractivity contribution in [2.24, 2.45) is 5.92 Å². The summed E-state index contributed by atoms with van der Waals surface area (Å²) in [6, 6.07) is 9.30. The van der Waals surface area contributed by atoms with E-state index >= 15 is 0 Å². The molecule has 0 aliphatic heterocycles. The molecule has 1 aromatic carbocycles. The van der Waals surface area contributed by atoms with Gasteiger partial charge in [0.2, 0.25) is 5.91 Å². The largest absolute Gasteiger partial charge is 0.387 e. The lowest BCUT2D eigenvalue weighted by atomic mass is 10.1. The van der Waals surface area contributed by atoms with Crippen LogP contribution in [-0.4, -0.2) is 17.6 Å². The molecule has 3 heteroatoms. The molecule has 1 atom stereocenters. The predicted octanol–water partition coefficient (Wildman–Crippen LogP) is 1.49. The van der Waals surface area contributed by atoms with E-state index in [1.165, 1.54) is 0 Å². The van der Waals surface area contributed by atoms with Crippen molar-refractivity contribution < 1.29 is 9.90 Å². The fourth-order valence-electron chi connectivity index (χ4n) is 1.19. The lowest BCUT2D eigenvalue weighted by Crippen LogP contribution is -2.31. The molecule has 2 N–H and O–H groups in total. The van der Waals surface area contributed by atoms with Gasteiger partial charge in [0.1, 0.15) is 0 Å². The van der Waals surface area contributed by atoms with Crippen LogP contribution in [0.5, 0.6) is 0 Å². The van der Waals surface area contributed by atoms with Crippen LogP contribution in [-0.2, 0) is 4.79 Å². The number of carbonyl (C=O) groups excluding carboxylic acids is 1. The third-order valence-corrected chi connectivity index (χ3v) is 2.18. The summed E-state index contributed by atoms with van der Waals surface area (Å²) >= 11 is 0. The number of amides is 1. The van der Waals surface area contributed by atoms with Crippen LogP contribution in [0.2, 0.25) is 0 Å². The summed E-state index contributed by atoms with van der Waals surface area (Å²) in [5.74, 6) is -0.0852. The molecule has 0 bridgehead atoms. The normalized spacial score (nSPS) is 12.5. The lowest BCUT2D eigenvalue weighted by molar-refractivity contribution is -0.124. The highest BCUT2D eigenvalue weighted by molar-refractivity contribution is 5.77. The molecule has 0 fully saturated rings. The fraction of sp³-hybridized carbons (Fsp3) is 0.417. The molecule has 1 amide bonds. The summed E-state index contributed by atoms with van der Waals surface area (Å²) in [6.07, 6.45) is -0.631. The average molecular weight is 207 g/mol. The zero-order valence-corrected chi connectivity index (χ0v) is 9.10. The van der Waals surface area contributed by atoms with Crippen LogP contribution in [0, 0.1) is 5.92 Å². The van der Waals surface area contributed by atoms with Crippen LogP contribution in [0.15, 0.2) is 30.3 Å². The fourth-order valence-corrected chi connectivity index (χ4v) is 1.19. The molecule has 1 unspecified atom stereocenters. The second-order valence-corrected chi connectivity index (χ2v) is 3.83. The first-order valence-corrected chi connectivity index (χ1v) is 5.12. The van der Waals surface area contributed by atoms with E-state index < -0.39 is 6.10 Å². The van der Waals surface area contributed by atoms with Crippen molar-refractivity contribution in [3.05, 3.63) is 35.9 Å². The molecular formula is C12H17NO2. The van der Waals surface area contributed by atoms with Gasteiger partial charge in [-0.25, -0.2) is 0 Å². The Bertz CT molecular complexity index is 309. The number of hydrogen-bond acceptors (Lipinski definition) is 2. The number of benzene rings is 1. The van der Waals surface area contributed by atoms with Gasteiger partial charge in [0, 0.05) is 12.5 Å². The van der Waals surface area contributed by atoms with Gasteiger partial charge in [-0.15, -0.1) is 0 Å². The van der Waals surface area contributed by atoms with E-state index in [9.17, 15) is 9.90 Å². The summed E-state index contributed by atoms with van der Waals surface area (Å²) in [5.41, 5.74) is 0.821. The summed E-state index contributed by atoms with van der Waals surface area (Å²) in [4.78, 5) is 11.3. The molecular weight excluding hydrogens is 190 g/mol. The maximum atomic E-state index is 11.3. The van der Waals surface area contributed by atoms with Crippen LogP contribution in [0.3, 0.4) is 0 Å². The predicted molar refractivity (Wildman–Crippen MR) is 59.2 cm³/mol. The molecule has 0 radical (unpaired) electrons. The third kappa shape index (κ3) is 3.72. The molecule has 0 saturated heterocycles. The minimum atomic E-state index is -0.631. The average Bonchev–Trinajstić information content (AvgIpc) is 2.26. The molecule has 82 valence electrons. The van der Waals surface area contributed by atoms with E-state index in [0.717, 1.165) is 5.56 Å². The third-order valence-electron chi connectivity index (χ3n) is 2.18. The highest BCUT2D eigenvalue weighted by Gasteiger charge is 2.10. The minimum Gasteiger partial charge on any atom is -0.387 e. The highest BCUT2D eigenvalue weighted by atomic mass is 16.3. The molecule has 0 spiro atoms. The Labute approximate surface area is 90.1 Å². The monoisotopic (exact) mass is 207 g/mol. The number of aliphatic hydroxyl groups is 1. The first-order chi connectivity index (χ1) is 7.11. The van der Waals surface area contributed by atoms with Crippen molar-refractivity contribution in [2.45, 2.75) is 20.0 Å². The van der Waals surface area contributed by atoms with Crippen LogP contribution in [0.4, 0.5) is 0 Å². The Morgan fingerprint density at radius 1 is 1.33 bits per heavy atom. The van der Waals surface area contributed by atoms with Crippen molar-refractivity contribution in [1.82, 2.24) is 5.32 Å². The van der Waals surface area contributed by atoms with E-state index in [1.807, 2.05) is 44.2 Å². The second kappa shape index (κ2) is 5.51. The standard InChI is InChI=1S/C12H17NO2/c1-9(2)12(15)13-8-11(14)10-6-4-3-5-7-10/h3-7,9,11,14H,8H2,1-2H3,(H,13,15). The van der Waals surface area contributed by atoms with Gasteiger partial charge in [-0.05, 0) is 5.56 Å². The molecule has 0 aliphatic carbocycles. The van der Waals surface area contributed by atoms with Gasteiger partial charge >= 0.3 is 0 Å². The van der Waals surface area contributed by atoms with Crippen molar-refractivity contribution in [1.29, 1.82) is 0 Å². The van der Waals surface area contributed by atoms with Crippen LogP contribution < -0.4 is 5.32 Å². The summed E-state index contributed by atoms with van der Waals surface area (Å²) in [5, 5.41) is 12.4. The Kier molecular flexibility index (Phi) is 4.31. The molecule has 1 aromatic rings. The molecule has 0 saturated carbocycles. The molecule has 1 rings (SSSR count). The number of hydrogen-bond donors (Lipinski definition) is 2. The van der Waals surface area contributed by atoms with Crippen LogP contribution in [0.25, 0.3) is 0 Å². The van der Waals surface area contributed by atoms with E-state index in [2.05, 4.69) is 5.32 Å². The molecule has 15 heavy (non-hydrogen) atoms. The number of rotatable bonds is 4. The van der Waals surface area contributed by atoms with E-state index in [-0.39, 0.29) is 18.4 Å². The van der Waals surface area contributed by atoms with Gasteiger partial charge < -0.3 is 10.4 Å². The first kappa shape index (κ1) is 11.7. The zero-order valence-electron chi connectivity index (χ0n) is 9.10. The Morgan fingerprint density at radius 3 is 2.47 bits per heavy atom. The van der Waals surface area contributed by atoms with Gasteiger partial charge in [0.25, 0.3) is 0 Å². The number of carbonyl (C=O) groups is 1. The first-order valence-electron chi connectivity index (χ1n) is 5.12. The maximum Gasteiger partial charge on any atom is 0.222 e. The Balaban J connectivity index is 2.44. The van der Waals surface area contributed by atoms with Crippen LogP contribution >= 0.6 is 0 Å². The van der Waals surface area contributed by atoms with E-state index in [1.54, 1.807) is 0 Å². The van der Waals surface area contributed by atoms with Crippen molar-refractivity contribution >= 4 is 5.91 Å². The molecule has 3 nitrogen and oxygen atoms in total. The van der Waals surface area contributed by atoms with Gasteiger partial charge in [-0.1, -0.05) is 44.2 Å². The molecule has 0 aliphatic rings.